The summed E-state index contributed by atoms with van der Waals surface area (Å²) >= 11 is 0. The number of hydrogen-bond acceptors (Lipinski definition) is 7. The fourth-order valence-corrected chi connectivity index (χ4v) is 2.63. The highest BCUT2D eigenvalue weighted by Crippen LogP contribution is 2.33. The summed E-state index contributed by atoms with van der Waals surface area (Å²) in [5.74, 6) is 0.725. The number of nitrogens with zero attached hydrogens (tertiary/aromatic N) is 4. The van der Waals surface area contributed by atoms with Crippen molar-refractivity contribution in [1.29, 1.82) is 0 Å². The van der Waals surface area contributed by atoms with Crippen LogP contribution in [0, 0.1) is 10.1 Å². The Hall–Kier alpha value is -4.01. The van der Waals surface area contributed by atoms with Gasteiger partial charge < -0.3 is 15.0 Å². The maximum Gasteiger partial charge on any atom is 0.414 e. The minimum Gasteiger partial charge on any atom is -0.410 e. The molecule has 29 heavy (non-hydrogen) atoms. The van der Waals surface area contributed by atoms with E-state index in [-0.39, 0.29) is 5.69 Å². The van der Waals surface area contributed by atoms with Gasteiger partial charge in [0.25, 0.3) is 5.69 Å². The topological polar surface area (TPSA) is 110 Å². The van der Waals surface area contributed by atoms with Crippen molar-refractivity contribution in [3.05, 3.63) is 88.2 Å². The van der Waals surface area contributed by atoms with Crippen molar-refractivity contribution in [2.24, 2.45) is 0 Å². The van der Waals surface area contributed by atoms with Crippen molar-refractivity contribution >= 4 is 17.7 Å². The average molecular weight is 393 g/mol. The number of nitrogens with one attached hydrogen (secondary N) is 1. The molecule has 2 aromatic carbocycles. The molecule has 1 aromatic heterocycles. The van der Waals surface area contributed by atoms with Crippen LogP contribution in [-0.2, 0) is 0 Å². The zero-order valence-electron chi connectivity index (χ0n) is 15.9. The highest BCUT2D eigenvalue weighted by atomic mass is 16.6. The first-order valence-electron chi connectivity index (χ1n) is 8.71. The summed E-state index contributed by atoms with van der Waals surface area (Å²) in [6.07, 6.45) is 2.68. The number of para-hydroxylation sites is 1. The van der Waals surface area contributed by atoms with E-state index in [0.29, 0.717) is 17.3 Å². The molecule has 0 aliphatic carbocycles. The van der Waals surface area contributed by atoms with Gasteiger partial charge in [-0.05, 0) is 29.8 Å². The number of non-ortho nitro benzene ring substituents is 1. The van der Waals surface area contributed by atoms with Crippen molar-refractivity contribution in [2.45, 2.75) is 6.04 Å². The Morgan fingerprint density at radius 2 is 1.72 bits per heavy atom. The predicted octanol–water partition coefficient (Wildman–Crippen LogP) is 3.65. The third-order valence-corrected chi connectivity index (χ3v) is 4.07. The molecular weight excluding hydrogens is 374 g/mol. The van der Waals surface area contributed by atoms with Crippen molar-refractivity contribution in [2.75, 3.05) is 19.4 Å². The van der Waals surface area contributed by atoms with Crippen LogP contribution in [0.2, 0.25) is 0 Å². The zero-order valence-corrected chi connectivity index (χ0v) is 15.9. The van der Waals surface area contributed by atoms with Crippen LogP contribution in [0.3, 0.4) is 0 Å². The predicted molar refractivity (Wildman–Crippen MR) is 107 cm³/mol. The zero-order chi connectivity index (χ0) is 20.8. The molecule has 0 fully saturated rings. The standard InChI is InChI=1S/C20H19N5O4/c1-24(2)20(26)29-17-7-4-3-6-16(17)18(23-19-21-12-5-13-22-19)14-8-10-15(11-9-14)25(27)28/h3-13,18H,1-2H3,(H,21,22,23). The molecule has 0 spiro atoms. The van der Waals surface area contributed by atoms with Gasteiger partial charge >= 0.3 is 6.09 Å². The van der Waals surface area contributed by atoms with E-state index < -0.39 is 17.1 Å². The first kappa shape index (κ1) is 19.7. The van der Waals surface area contributed by atoms with E-state index in [1.165, 1.54) is 17.0 Å². The number of benzene rings is 2. The quantitative estimate of drug-likeness (QED) is 0.503. The van der Waals surface area contributed by atoms with E-state index in [2.05, 4.69) is 15.3 Å². The van der Waals surface area contributed by atoms with E-state index in [1.54, 1.807) is 62.9 Å². The van der Waals surface area contributed by atoms with Crippen LogP contribution in [0.5, 0.6) is 5.75 Å². The Labute approximate surface area is 167 Å². The lowest BCUT2D eigenvalue weighted by Gasteiger charge is -2.22. The third-order valence-electron chi connectivity index (χ3n) is 4.07. The Kier molecular flexibility index (Phi) is 5.98. The van der Waals surface area contributed by atoms with Gasteiger partial charge in [-0.1, -0.05) is 18.2 Å². The van der Waals surface area contributed by atoms with Gasteiger partial charge in [-0.25, -0.2) is 14.8 Å². The van der Waals surface area contributed by atoms with Gasteiger partial charge in [-0.2, -0.15) is 0 Å². The molecular formula is C20H19N5O4. The number of amides is 1. The SMILES string of the molecule is CN(C)C(=O)Oc1ccccc1C(Nc1ncccn1)c1ccc([N+](=O)[O-])cc1. The molecule has 0 aliphatic rings. The summed E-state index contributed by atoms with van der Waals surface area (Å²) in [7, 11) is 3.18. The summed E-state index contributed by atoms with van der Waals surface area (Å²) in [6.45, 7) is 0. The number of anilines is 1. The van der Waals surface area contributed by atoms with Crippen molar-refractivity contribution < 1.29 is 14.5 Å². The van der Waals surface area contributed by atoms with Gasteiger partial charge in [0.05, 0.1) is 11.0 Å². The van der Waals surface area contributed by atoms with E-state index in [0.717, 1.165) is 5.56 Å². The number of hydrogen-bond donors (Lipinski definition) is 1. The lowest BCUT2D eigenvalue weighted by Crippen LogP contribution is -2.26. The maximum atomic E-state index is 12.1. The Bertz CT molecular complexity index is 993. The van der Waals surface area contributed by atoms with Crippen LogP contribution in [0.1, 0.15) is 17.2 Å². The van der Waals surface area contributed by atoms with Crippen molar-refractivity contribution in [1.82, 2.24) is 14.9 Å². The third kappa shape index (κ3) is 4.83. The van der Waals surface area contributed by atoms with E-state index in [4.69, 9.17) is 4.74 Å². The van der Waals surface area contributed by atoms with Crippen LogP contribution >= 0.6 is 0 Å². The Morgan fingerprint density at radius 1 is 1.07 bits per heavy atom. The summed E-state index contributed by atoms with van der Waals surface area (Å²) in [4.78, 5) is 32.3. The van der Waals surface area contributed by atoms with Gasteiger partial charge in [0.2, 0.25) is 5.95 Å². The van der Waals surface area contributed by atoms with Gasteiger partial charge in [0.1, 0.15) is 5.75 Å². The highest BCUT2D eigenvalue weighted by Gasteiger charge is 2.22. The van der Waals surface area contributed by atoms with Crippen LogP contribution in [0.15, 0.2) is 67.0 Å². The van der Waals surface area contributed by atoms with Crippen LogP contribution in [0.25, 0.3) is 0 Å². The van der Waals surface area contributed by atoms with Gasteiger partial charge in [-0.15, -0.1) is 0 Å². The summed E-state index contributed by atoms with van der Waals surface area (Å²) in [6, 6.07) is 14.4. The molecule has 0 radical (unpaired) electrons. The first-order chi connectivity index (χ1) is 14.0. The number of nitro groups is 1. The second kappa shape index (κ2) is 8.79. The summed E-state index contributed by atoms with van der Waals surface area (Å²) < 4.78 is 5.51. The second-order valence-electron chi connectivity index (χ2n) is 6.30. The first-order valence-corrected chi connectivity index (χ1v) is 8.71. The highest BCUT2D eigenvalue weighted by molar-refractivity contribution is 5.70. The average Bonchev–Trinajstić information content (AvgIpc) is 2.73. The van der Waals surface area contributed by atoms with E-state index in [1.807, 2.05) is 6.07 Å². The molecule has 3 aromatic rings. The van der Waals surface area contributed by atoms with Crippen LogP contribution < -0.4 is 10.1 Å². The number of carbonyl (C=O) groups excluding carboxylic acids is 1. The minimum atomic E-state index is -0.518. The largest absolute Gasteiger partial charge is 0.414 e. The lowest BCUT2D eigenvalue weighted by molar-refractivity contribution is -0.384. The van der Waals surface area contributed by atoms with Crippen LogP contribution in [-0.4, -0.2) is 40.0 Å². The van der Waals surface area contributed by atoms with Gasteiger partial charge in [0.15, 0.2) is 0 Å². The summed E-state index contributed by atoms with van der Waals surface area (Å²) in [5, 5.41) is 14.2. The van der Waals surface area contributed by atoms with Gasteiger partial charge in [-0.3, -0.25) is 10.1 Å². The number of carbonyl (C=O) groups is 1. The molecule has 0 bridgehead atoms. The minimum absolute atomic E-state index is 0.0178. The lowest BCUT2D eigenvalue weighted by atomic mass is 9.97. The number of ether oxygens (including phenoxy) is 1. The molecule has 148 valence electrons. The molecule has 1 heterocycles. The fourth-order valence-electron chi connectivity index (χ4n) is 2.63. The fraction of sp³-hybridized carbons (Fsp3) is 0.150. The molecule has 9 heteroatoms. The normalized spacial score (nSPS) is 11.4. The summed E-state index contributed by atoms with van der Waals surface area (Å²) in [5.41, 5.74) is 1.36. The Balaban J connectivity index is 2.03. The van der Waals surface area contributed by atoms with Gasteiger partial charge in [0, 0.05) is 44.2 Å². The number of rotatable bonds is 6. The van der Waals surface area contributed by atoms with Crippen molar-refractivity contribution in [3.8, 4) is 5.75 Å². The molecule has 1 N–H and O–H groups in total. The molecule has 0 saturated heterocycles. The molecule has 1 atom stereocenters. The molecule has 0 aliphatic heterocycles. The molecule has 3 rings (SSSR count). The molecule has 0 saturated carbocycles. The molecule has 9 nitrogen and oxygen atoms in total. The number of aromatic nitrogens is 2. The maximum absolute atomic E-state index is 12.1. The monoisotopic (exact) mass is 393 g/mol. The van der Waals surface area contributed by atoms with E-state index in [9.17, 15) is 14.9 Å². The Morgan fingerprint density at radius 3 is 2.34 bits per heavy atom. The smallest absolute Gasteiger partial charge is 0.410 e. The van der Waals surface area contributed by atoms with Crippen molar-refractivity contribution in [3.63, 3.8) is 0 Å². The number of nitro benzene ring substituents is 1. The van der Waals surface area contributed by atoms with E-state index >= 15 is 0 Å². The molecule has 1 unspecified atom stereocenters. The second-order valence-corrected chi connectivity index (χ2v) is 6.30. The van der Waals surface area contributed by atoms with Crippen LogP contribution in [0.4, 0.5) is 16.4 Å². The molecule has 1 amide bonds.